The van der Waals surface area contributed by atoms with Gasteiger partial charge in [0.2, 0.25) is 0 Å². The Morgan fingerprint density at radius 1 is 1.00 bits per heavy atom. The maximum Gasteiger partial charge on any atom is 0.253 e. The van der Waals surface area contributed by atoms with E-state index in [9.17, 15) is 4.79 Å². The highest BCUT2D eigenvalue weighted by atomic mass is 35.5. The Bertz CT molecular complexity index is 1430. The van der Waals surface area contributed by atoms with Crippen LogP contribution < -0.4 is 5.32 Å². The number of fused-ring (bicyclic) bond motifs is 1. The smallest absolute Gasteiger partial charge is 0.253 e. The van der Waals surface area contributed by atoms with Crippen LogP contribution in [0.3, 0.4) is 0 Å². The van der Waals surface area contributed by atoms with E-state index < -0.39 is 0 Å². The van der Waals surface area contributed by atoms with Gasteiger partial charge in [0.15, 0.2) is 5.79 Å². The van der Waals surface area contributed by atoms with E-state index in [1.165, 1.54) is 0 Å². The minimum Gasteiger partial charge on any atom is -0.355 e. The van der Waals surface area contributed by atoms with Crippen molar-refractivity contribution in [3.63, 3.8) is 0 Å². The molecular formula is C30H31ClN4O3. The number of likely N-dealkylation sites (N-methyl/N-ethyl adjacent to an activating group) is 1. The molecule has 0 aliphatic carbocycles. The van der Waals surface area contributed by atoms with Crippen LogP contribution in [0.5, 0.6) is 0 Å². The van der Waals surface area contributed by atoms with Crippen molar-refractivity contribution in [3.05, 3.63) is 89.1 Å². The number of aromatic nitrogens is 2. The van der Waals surface area contributed by atoms with Crippen LogP contribution in [-0.2, 0) is 15.9 Å². The normalized spacial score (nSPS) is 16.0. The zero-order valence-electron chi connectivity index (χ0n) is 21.8. The van der Waals surface area contributed by atoms with Crippen LogP contribution in [0.25, 0.3) is 22.6 Å². The largest absolute Gasteiger partial charge is 0.355 e. The molecule has 6 rings (SSSR count). The predicted octanol–water partition coefficient (Wildman–Crippen LogP) is 6.54. The Morgan fingerprint density at radius 2 is 1.76 bits per heavy atom. The van der Waals surface area contributed by atoms with Gasteiger partial charge in [0, 0.05) is 36.1 Å². The molecule has 8 heteroatoms. The molecule has 1 fully saturated rings. The molecule has 1 saturated heterocycles. The van der Waals surface area contributed by atoms with E-state index in [0.717, 1.165) is 59.0 Å². The third kappa shape index (κ3) is 5.75. The standard InChI is InChI=1S/C25H21ClN4O.C5H10O2/c1-30-13-12-18-19(25(30)31)8-5-9-22(18)28-17-10-11-21(26)20(14-17)24-27-15-23(29-24)16-6-3-2-4-7-16;1-5(2)6-3-4-7-5/h2-11,14-15,28H,12-13H2,1H3,(H,27,29);3-4H2,1-2H3. The number of halogens is 1. The summed E-state index contributed by atoms with van der Waals surface area (Å²) in [6.45, 7) is 6.03. The molecule has 0 radical (unpaired) electrons. The molecule has 1 aromatic heterocycles. The summed E-state index contributed by atoms with van der Waals surface area (Å²) in [5.74, 6) is 0.463. The number of benzene rings is 3. The fraction of sp³-hybridized carbons (Fsp3) is 0.267. The minimum atomic E-state index is -0.306. The number of carbonyl (C=O) groups excluding carboxylic acids is 1. The lowest BCUT2D eigenvalue weighted by molar-refractivity contribution is -0.125. The van der Waals surface area contributed by atoms with Crippen molar-refractivity contribution >= 4 is 28.9 Å². The molecule has 196 valence electrons. The van der Waals surface area contributed by atoms with Crippen molar-refractivity contribution in [2.45, 2.75) is 26.1 Å². The highest BCUT2D eigenvalue weighted by molar-refractivity contribution is 6.33. The van der Waals surface area contributed by atoms with Crippen molar-refractivity contribution in [1.29, 1.82) is 0 Å². The monoisotopic (exact) mass is 530 g/mol. The zero-order valence-corrected chi connectivity index (χ0v) is 22.5. The number of hydrogen-bond donors (Lipinski definition) is 2. The second-order valence-corrected chi connectivity index (χ2v) is 10.1. The summed E-state index contributed by atoms with van der Waals surface area (Å²) in [6, 6.07) is 21.6. The van der Waals surface area contributed by atoms with E-state index in [1.54, 1.807) is 4.90 Å². The highest BCUT2D eigenvalue weighted by Crippen LogP contribution is 2.33. The molecule has 38 heavy (non-hydrogen) atoms. The fourth-order valence-electron chi connectivity index (χ4n) is 4.54. The van der Waals surface area contributed by atoms with Gasteiger partial charge in [-0.25, -0.2) is 4.98 Å². The lowest BCUT2D eigenvalue weighted by Gasteiger charge is -2.26. The molecule has 0 atom stereocenters. The number of nitrogens with zero attached hydrogens (tertiary/aromatic N) is 2. The average molecular weight is 531 g/mol. The van der Waals surface area contributed by atoms with E-state index in [0.29, 0.717) is 17.4 Å². The fourth-order valence-corrected chi connectivity index (χ4v) is 4.75. The first-order valence-corrected chi connectivity index (χ1v) is 13.0. The molecule has 2 aliphatic rings. The second-order valence-electron chi connectivity index (χ2n) is 9.74. The van der Waals surface area contributed by atoms with Crippen molar-refractivity contribution in [2.75, 3.05) is 32.1 Å². The van der Waals surface area contributed by atoms with E-state index in [1.807, 2.05) is 93.8 Å². The number of aromatic amines is 1. The molecule has 2 N–H and O–H groups in total. The van der Waals surface area contributed by atoms with Gasteiger partial charge in [-0.05, 0) is 61.7 Å². The highest BCUT2D eigenvalue weighted by Gasteiger charge is 2.24. The molecular weight excluding hydrogens is 500 g/mol. The first-order valence-electron chi connectivity index (χ1n) is 12.6. The summed E-state index contributed by atoms with van der Waals surface area (Å²) in [7, 11) is 1.84. The lowest BCUT2D eigenvalue weighted by atomic mass is 9.97. The predicted molar refractivity (Wildman–Crippen MR) is 151 cm³/mol. The van der Waals surface area contributed by atoms with Gasteiger partial charge in [0.25, 0.3) is 5.91 Å². The van der Waals surface area contributed by atoms with Gasteiger partial charge in [0.05, 0.1) is 30.1 Å². The Morgan fingerprint density at radius 3 is 2.47 bits per heavy atom. The Balaban J connectivity index is 0.000000366. The quantitative estimate of drug-likeness (QED) is 0.313. The maximum absolute atomic E-state index is 12.5. The molecule has 7 nitrogen and oxygen atoms in total. The number of rotatable bonds is 4. The van der Waals surface area contributed by atoms with Crippen molar-refractivity contribution in [1.82, 2.24) is 14.9 Å². The Kier molecular flexibility index (Phi) is 7.51. The van der Waals surface area contributed by atoms with Crippen LogP contribution in [0.15, 0.2) is 72.9 Å². The molecule has 0 bridgehead atoms. The van der Waals surface area contributed by atoms with E-state index >= 15 is 0 Å². The molecule has 3 aromatic carbocycles. The number of imidazole rings is 1. The topological polar surface area (TPSA) is 79.5 Å². The van der Waals surface area contributed by atoms with Crippen LogP contribution in [0.4, 0.5) is 11.4 Å². The molecule has 0 saturated carbocycles. The number of ether oxygens (including phenoxy) is 2. The molecule has 1 amide bonds. The SMILES string of the molecule is CC1(C)OCCO1.CN1CCc2c(Nc3ccc(Cl)c(-c4ncc(-c5ccccc5)[nH]4)c3)cccc2C1=O. The van der Waals surface area contributed by atoms with Gasteiger partial charge in [-0.15, -0.1) is 0 Å². The minimum absolute atomic E-state index is 0.0609. The zero-order chi connectivity index (χ0) is 26.7. The second kappa shape index (κ2) is 11.0. The van der Waals surface area contributed by atoms with Crippen LogP contribution >= 0.6 is 11.6 Å². The molecule has 0 spiro atoms. The Labute approximate surface area is 227 Å². The summed E-state index contributed by atoms with van der Waals surface area (Å²) in [5, 5.41) is 4.09. The van der Waals surface area contributed by atoms with Crippen LogP contribution in [0.2, 0.25) is 5.02 Å². The van der Waals surface area contributed by atoms with Gasteiger partial charge in [-0.2, -0.15) is 0 Å². The average Bonchev–Trinajstić information content (AvgIpc) is 3.57. The third-order valence-corrected chi connectivity index (χ3v) is 6.92. The molecule has 3 heterocycles. The molecule has 2 aliphatic heterocycles. The first-order chi connectivity index (χ1) is 18.3. The summed E-state index contributed by atoms with van der Waals surface area (Å²) in [6.07, 6.45) is 2.64. The van der Waals surface area contributed by atoms with Crippen LogP contribution in [-0.4, -0.2) is 53.4 Å². The number of hydrogen-bond acceptors (Lipinski definition) is 5. The Hall–Kier alpha value is -3.65. The van der Waals surface area contributed by atoms with Gasteiger partial charge in [0.1, 0.15) is 5.82 Å². The van der Waals surface area contributed by atoms with Crippen molar-refractivity contribution < 1.29 is 14.3 Å². The van der Waals surface area contributed by atoms with E-state index in [2.05, 4.69) is 15.3 Å². The summed E-state index contributed by atoms with van der Waals surface area (Å²) >= 11 is 6.50. The summed E-state index contributed by atoms with van der Waals surface area (Å²) in [5.41, 5.74) is 6.45. The number of anilines is 2. The molecule has 0 unspecified atom stereocenters. The third-order valence-electron chi connectivity index (χ3n) is 6.59. The maximum atomic E-state index is 12.5. The van der Waals surface area contributed by atoms with Crippen LogP contribution in [0, 0.1) is 0 Å². The first kappa shape index (κ1) is 26.0. The van der Waals surface area contributed by atoms with Crippen LogP contribution in [0.1, 0.15) is 29.8 Å². The van der Waals surface area contributed by atoms with E-state index in [4.69, 9.17) is 21.1 Å². The lowest BCUT2D eigenvalue weighted by Crippen LogP contribution is -2.34. The van der Waals surface area contributed by atoms with Crippen molar-refractivity contribution in [3.8, 4) is 22.6 Å². The van der Waals surface area contributed by atoms with Gasteiger partial charge in [-0.1, -0.05) is 48.0 Å². The van der Waals surface area contributed by atoms with Gasteiger partial charge in [-0.3, -0.25) is 4.79 Å². The molecule has 4 aromatic rings. The number of nitrogens with one attached hydrogen (secondary N) is 2. The summed E-state index contributed by atoms with van der Waals surface area (Å²) < 4.78 is 10.2. The summed E-state index contributed by atoms with van der Waals surface area (Å²) in [4.78, 5) is 22.2. The van der Waals surface area contributed by atoms with E-state index in [-0.39, 0.29) is 11.7 Å². The van der Waals surface area contributed by atoms with Gasteiger partial charge >= 0.3 is 0 Å². The number of H-pyrrole nitrogens is 1. The number of amides is 1. The van der Waals surface area contributed by atoms with Crippen molar-refractivity contribution in [2.24, 2.45) is 0 Å². The van der Waals surface area contributed by atoms with Gasteiger partial charge < -0.3 is 24.7 Å². The number of carbonyl (C=O) groups is 1.